The predicted octanol–water partition coefficient (Wildman–Crippen LogP) is 5.30. The second-order valence-electron chi connectivity index (χ2n) is 9.15. The van der Waals surface area contributed by atoms with Gasteiger partial charge in [-0.25, -0.2) is 4.98 Å². The zero-order chi connectivity index (χ0) is 24.2. The van der Waals surface area contributed by atoms with Gasteiger partial charge in [-0.15, -0.1) is 0 Å². The fourth-order valence-electron chi connectivity index (χ4n) is 4.65. The van der Waals surface area contributed by atoms with Gasteiger partial charge in [-0.3, -0.25) is 4.79 Å². The average molecular weight is 527 g/mol. The number of carbonyl (C=O) groups excluding carboxylic acids is 1. The van der Waals surface area contributed by atoms with Crippen LogP contribution in [-0.4, -0.2) is 48.7 Å². The third-order valence-corrected chi connectivity index (χ3v) is 7.10. The Labute approximate surface area is 215 Å². The molecule has 7 nitrogen and oxygen atoms in total. The summed E-state index contributed by atoms with van der Waals surface area (Å²) in [4.78, 5) is 24.1. The minimum absolute atomic E-state index is 0.104. The number of fused-ring (bicyclic) bond motifs is 1. The molecule has 1 saturated carbocycles. The molecule has 4 rings (SSSR count). The molecule has 0 saturated heterocycles. The van der Waals surface area contributed by atoms with Gasteiger partial charge in [0.05, 0.1) is 15.7 Å². The van der Waals surface area contributed by atoms with E-state index in [1.807, 2.05) is 14.1 Å². The van der Waals surface area contributed by atoms with E-state index in [9.17, 15) is 4.79 Å². The first-order valence-corrected chi connectivity index (χ1v) is 12.8. The van der Waals surface area contributed by atoms with E-state index in [4.69, 9.17) is 49.5 Å². The molecule has 0 unspecified atom stereocenters. The number of benzene rings is 1. The highest BCUT2D eigenvalue weighted by Crippen LogP contribution is 2.36. The van der Waals surface area contributed by atoms with E-state index < -0.39 is 0 Å². The third-order valence-electron chi connectivity index (χ3n) is 6.32. The van der Waals surface area contributed by atoms with E-state index in [2.05, 4.69) is 15.5 Å². The van der Waals surface area contributed by atoms with Crippen molar-refractivity contribution in [2.45, 2.75) is 63.5 Å². The lowest BCUT2D eigenvalue weighted by molar-refractivity contribution is -0.124. The Balaban J connectivity index is 1.27. The quantitative estimate of drug-likeness (QED) is 0.510. The first-order valence-electron chi connectivity index (χ1n) is 11.7. The Morgan fingerprint density at radius 2 is 1.68 bits per heavy atom. The van der Waals surface area contributed by atoms with Crippen molar-refractivity contribution < 1.29 is 9.53 Å². The number of nitrogens with one attached hydrogen (secondary N) is 2. The Morgan fingerprint density at radius 1 is 1.03 bits per heavy atom. The van der Waals surface area contributed by atoms with Crippen LogP contribution >= 0.6 is 34.8 Å². The predicted molar refractivity (Wildman–Crippen MR) is 138 cm³/mol. The molecule has 1 aromatic heterocycles. The first-order chi connectivity index (χ1) is 16.3. The number of hydrogen-bond donors (Lipinski definition) is 2. The minimum atomic E-state index is -0.202. The van der Waals surface area contributed by atoms with Gasteiger partial charge in [0.15, 0.2) is 12.4 Å². The van der Waals surface area contributed by atoms with Crippen molar-refractivity contribution >= 4 is 52.5 Å². The summed E-state index contributed by atoms with van der Waals surface area (Å²) in [5.74, 6) is 1.79. The fourth-order valence-corrected chi connectivity index (χ4v) is 5.57. The number of nitrogens with zero attached hydrogens (tertiary/aromatic N) is 3. The van der Waals surface area contributed by atoms with Gasteiger partial charge in [0.25, 0.3) is 5.91 Å². The number of ether oxygens (including phenoxy) is 1. The summed E-state index contributed by atoms with van der Waals surface area (Å²) in [5.41, 5.74) is 2.46. The molecule has 0 atom stereocenters. The Bertz CT molecular complexity index is 1020. The molecule has 2 N–H and O–H groups in total. The molecule has 10 heteroatoms. The van der Waals surface area contributed by atoms with E-state index in [0.717, 1.165) is 44.3 Å². The lowest BCUT2D eigenvalue weighted by atomic mass is 9.91. The number of halogens is 3. The van der Waals surface area contributed by atoms with Gasteiger partial charge in [0, 0.05) is 36.8 Å². The number of anilines is 2. The smallest absolute Gasteiger partial charge is 0.258 e. The van der Waals surface area contributed by atoms with Crippen molar-refractivity contribution in [3.05, 3.63) is 38.5 Å². The zero-order valence-electron chi connectivity index (χ0n) is 19.5. The molecule has 2 aromatic rings. The van der Waals surface area contributed by atoms with Gasteiger partial charge in [-0.1, -0.05) is 34.8 Å². The molecule has 1 amide bonds. The van der Waals surface area contributed by atoms with Crippen LogP contribution in [0.25, 0.3) is 0 Å². The Hall–Kier alpha value is -1.96. The third kappa shape index (κ3) is 6.18. The first kappa shape index (κ1) is 25.1. The molecule has 1 fully saturated rings. The maximum Gasteiger partial charge on any atom is 0.258 e. The molecule has 1 aromatic carbocycles. The molecule has 184 valence electrons. The van der Waals surface area contributed by atoms with Gasteiger partial charge in [-0.2, -0.15) is 4.98 Å². The number of amides is 1. The molecule has 34 heavy (non-hydrogen) atoms. The summed E-state index contributed by atoms with van der Waals surface area (Å²) in [5, 5.41) is 7.55. The summed E-state index contributed by atoms with van der Waals surface area (Å²) in [6.45, 7) is -0.157. The van der Waals surface area contributed by atoms with E-state index in [-0.39, 0.29) is 40.4 Å². The molecule has 2 aliphatic carbocycles. The molecule has 0 spiro atoms. The monoisotopic (exact) mass is 525 g/mol. The SMILES string of the molecule is CN(C)c1nc(N[C@H]2CC[C@@H](NC(=O)COc3c(Cl)cc(Cl)cc3Cl)CC2)nc2c1CCCC2. The summed E-state index contributed by atoms with van der Waals surface area (Å²) in [6.07, 6.45) is 8.05. The van der Waals surface area contributed by atoms with Gasteiger partial charge < -0.3 is 20.3 Å². The molecule has 1 heterocycles. The summed E-state index contributed by atoms with van der Waals surface area (Å²) < 4.78 is 5.53. The molecule has 0 aliphatic heterocycles. The van der Waals surface area contributed by atoms with Crippen LogP contribution in [0.15, 0.2) is 12.1 Å². The maximum absolute atomic E-state index is 12.4. The van der Waals surface area contributed by atoms with Crippen LogP contribution in [0.4, 0.5) is 11.8 Å². The van der Waals surface area contributed by atoms with Crippen molar-refractivity contribution in [3.8, 4) is 5.75 Å². The van der Waals surface area contributed by atoms with Crippen LogP contribution < -0.4 is 20.3 Å². The van der Waals surface area contributed by atoms with Crippen molar-refractivity contribution in [1.29, 1.82) is 0 Å². The Kier molecular flexibility index (Phi) is 8.27. The Morgan fingerprint density at radius 3 is 2.35 bits per heavy atom. The van der Waals surface area contributed by atoms with Crippen LogP contribution in [0, 0.1) is 0 Å². The second kappa shape index (κ2) is 11.2. The normalized spacial score (nSPS) is 19.8. The average Bonchev–Trinajstić information content (AvgIpc) is 2.79. The zero-order valence-corrected chi connectivity index (χ0v) is 21.7. The van der Waals surface area contributed by atoms with Crippen molar-refractivity contribution in [1.82, 2.24) is 15.3 Å². The lowest BCUT2D eigenvalue weighted by Gasteiger charge is -2.30. The van der Waals surface area contributed by atoms with Crippen LogP contribution in [0.2, 0.25) is 15.1 Å². The van der Waals surface area contributed by atoms with Crippen LogP contribution in [-0.2, 0) is 17.6 Å². The minimum Gasteiger partial charge on any atom is -0.481 e. The highest BCUT2D eigenvalue weighted by molar-refractivity contribution is 6.40. The molecular weight excluding hydrogens is 497 g/mol. The largest absolute Gasteiger partial charge is 0.481 e. The van der Waals surface area contributed by atoms with Crippen molar-refractivity contribution in [2.75, 3.05) is 30.9 Å². The van der Waals surface area contributed by atoms with Crippen molar-refractivity contribution in [2.24, 2.45) is 0 Å². The lowest BCUT2D eigenvalue weighted by Crippen LogP contribution is -2.42. The number of carbonyl (C=O) groups is 1. The van der Waals surface area contributed by atoms with E-state index in [1.165, 1.54) is 36.2 Å². The summed E-state index contributed by atoms with van der Waals surface area (Å²) >= 11 is 18.1. The summed E-state index contributed by atoms with van der Waals surface area (Å²) in [6, 6.07) is 3.45. The van der Waals surface area contributed by atoms with E-state index >= 15 is 0 Å². The number of rotatable bonds is 7. The van der Waals surface area contributed by atoms with E-state index in [1.54, 1.807) is 0 Å². The van der Waals surface area contributed by atoms with Gasteiger partial charge in [0.2, 0.25) is 5.95 Å². The highest BCUT2D eigenvalue weighted by atomic mass is 35.5. The number of hydrogen-bond acceptors (Lipinski definition) is 6. The van der Waals surface area contributed by atoms with Crippen LogP contribution in [0.5, 0.6) is 5.75 Å². The molecular formula is C24H30Cl3N5O2. The topological polar surface area (TPSA) is 79.4 Å². The molecule has 0 bridgehead atoms. The molecule has 0 radical (unpaired) electrons. The fraction of sp³-hybridized carbons (Fsp3) is 0.542. The number of aromatic nitrogens is 2. The summed E-state index contributed by atoms with van der Waals surface area (Å²) in [7, 11) is 4.07. The number of aryl methyl sites for hydroxylation is 1. The van der Waals surface area contributed by atoms with Crippen LogP contribution in [0.1, 0.15) is 49.8 Å². The maximum atomic E-state index is 12.4. The van der Waals surface area contributed by atoms with E-state index in [0.29, 0.717) is 11.0 Å². The molecule has 2 aliphatic rings. The second-order valence-corrected chi connectivity index (χ2v) is 10.4. The van der Waals surface area contributed by atoms with Gasteiger partial charge in [-0.05, 0) is 63.5 Å². The van der Waals surface area contributed by atoms with Crippen LogP contribution in [0.3, 0.4) is 0 Å². The standard InChI is InChI=1S/C24H30Cl3N5O2/c1-32(2)23-17-5-3-4-6-20(17)30-24(31-23)29-16-9-7-15(8-10-16)28-21(33)13-34-22-18(26)11-14(25)12-19(22)27/h11-12,15-16H,3-10,13H2,1-2H3,(H,28,33)(H,29,30,31)/t15-,16+. The van der Waals surface area contributed by atoms with Crippen molar-refractivity contribution in [3.63, 3.8) is 0 Å². The van der Waals surface area contributed by atoms with Gasteiger partial charge in [0.1, 0.15) is 5.82 Å². The van der Waals surface area contributed by atoms with Gasteiger partial charge >= 0.3 is 0 Å². The highest BCUT2D eigenvalue weighted by Gasteiger charge is 2.25.